The van der Waals surface area contributed by atoms with Crippen LogP contribution in [0.3, 0.4) is 0 Å². The van der Waals surface area contributed by atoms with Crippen molar-refractivity contribution < 1.29 is 0 Å². The molecular formula is C19H18. The Bertz CT molecular complexity index is 658. The SMILES string of the molecule is CC1=Cc2c(C=Cc3ccccc3)ccc(C)c2C1. The lowest BCUT2D eigenvalue weighted by atomic mass is 9.98. The maximum atomic E-state index is 2.33. The second-order valence-electron chi connectivity index (χ2n) is 5.28. The average Bonchev–Trinajstić information content (AvgIpc) is 2.82. The molecule has 1 aliphatic rings. The summed E-state index contributed by atoms with van der Waals surface area (Å²) in [6.07, 6.45) is 7.84. The molecule has 2 aromatic rings. The Morgan fingerprint density at radius 3 is 2.47 bits per heavy atom. The predicted molar refractivity (Wildman–Crippen MR) is 83.9 cm³/mol. The molecule has 0 heteroatoms. The third kappa shape index (κ3) is 2.39. The van der Waals surface area contributed by atoms with E-state index >= 15 is 0 Å². The Kier molecular flexibility index (Phi) is 3.08. The van der Waals surface area contributed by atoms with Gasteiger partial charge in [0, 0.05) is 0 Å². The molecule has 19 heavy (non-hydrogen) atoms. The second kappa shape index (κ2) is 4.89. The van der Waals surface area contributed by atoms with Gasteiger partial charge >= 0.3 is 0 Å². The smallest absolute Gasteiger partial charge is 0.00578 e. The van der Waals surface area contributed by atoms with Gasteiger partial charge in [0.05, 0.1) is 0 Å². The summed E-state index contributed by atoms with van der Waals surface area (Å²) in [5.41, 5.74) is 8.33. The fourth-order valence-corrected chi connectivity index (χ4v) is 2.67. The van der Waals surface area contributed by atoms with Crippen LogP contribution in [0.2, 0.25) is 0 Å². The van der Waals surface area contributed by atoms with Crippen LogP contribution in [0.25, 0.3) is 18.2 Å². The van der Waals surface area contributed by atoms with Crippen molar-refractivity contribution in [3.63, 3.8) is 0 Å². The molecule has 0 bridgehead atoms. The van der Waals surface area contributed by atoms with Crippen molar-refractivity contribution in [2.45, 2.75) is 20.3 Å². The van der Waals surface area contributed by atoms with Crippen molar-refractivity contribution >= 4 is 18.2 Å². The van der Waals surface area contributed by atoms with Crippen molar-refractivity contribution in [2.24, 2.45) is 0 Å². The molecule has 0 heterocycles. The zero-order chi connectivity index (χ0) is 13.2. The fraction of sp³-hybridized carbons (Fsp3) is 0.158. The van der Waals surface area contributed by atoms with Gasteiger partial charge < -0.3 is 0 Å². The Labute approximate surface area is 115 Å². The zero-order valence-corrected chi connectivity index (χ0v) is 11.5. The normalized spacial score (nSPS) is 13.7. The zero-order valence-electron chi connectivity index (χ0n) is 11.5. The van der Waals surface area contributed by atoms with Gasteiger partial charge in [-0.3, -0.25) is 0 Å². The first kappa shape index (κ1) is 12.0. The van der Waals surface area contributed by atoms with E-state index in [0.29, 0.717) is 0 Å². The lowest BCUT2D eigenvalue weighted by Crippen LogP contribution is -1.90. The number of hydrogen-bond donors (Lipinski definition) is 0. The topological polar surface area (TPSA) is 0 Å². The van der Waals surface area contributed by atoms with Crippen LogP contribution in [-0.4, -0.2) is 0 Å². The molecule has 1 aliphatic carbocycles. The number of aryl methyl sites for hydroxylation is 1. The van der Waals surface area contributed by atoms with Gasteiger partial charge in [-0.05, 0) is 48.1 Å². The summed E-state index contributed by atoms with van der Waals surface area (Å²) in [6, 6.07) is 14.9. The maximum absolute atomic E-state index is 2.33. The van der Waals surface area contributed by atoms with E-state index in [4.69, 9.17) is 0 Å². The fourth-order valence-electron chi connectivity index (χ4n) is 2.67. The van der Waals surface area contributed by atoms with E-state index in [2.05, 4.69) is 68.5 Å². The van der Waals surface area contributed by atoms with Crippen molar-refractivity contribution in [2.75, 3.05) is 0 Å². The van der Waals surface area contributed by atoms with Crippen LogP contribution in [0.15, 0.2) is 48.0 Å². The molecule has 0 aliphatic heterocycles. The van der Waals surface area contributed by atoms with E-state index in [0.717, 1.165) is 6.42 Å². The molecule has 0 aromatic heterocycles. The van der Waals surface area contributed by atoms with E-state index < -0.39 is 0 Å². The lowest BCUT2D eigenvalue weighted by molar-refractivity contribution is 1.16. The second-order valence-corrected chi connectivity index (χ2v) is 5.28. The highest BCUT2D eigenvalue weighted by molar-refractivity contribution is 5.79. The summed E-state index contributed by atoms with van der Waals surface area (Å²) in [5, 5.41) is 0. The summed E-state index contributed by atoms with van der Waals surface area (Å²) in [5.74, 6) is 0. The molecular weight excluding hydrogens is 228 g/mol. The molecule has 0 nitrogen and oxygen atoms in total. The minimum absolute atomic E-state index is 1.11. The third-order valence-electron chi connectivity index (χ3n) is 3.73. The van der Waals surface area contributed by atoms with Crippen LogP contribution in [-0.2, 0) is 6.42 Å². The number of fused-ring (bicyclic) bond motifs is 1. The Balaban J connectivity index is 1.99. The van der Waals surface area contributed by atoms with Crippen LogP contribution >= 0.6 is 0 Å². The Hall–Kier alpha value is -2.08. The predicted octanol–water partition coefficient (Wildman–Crippen LogP) is 5.12. The molecule has 94 valence electrons. The third-order valence-corrected chi connectivity index (χ3v) is 3.73. The maximum Gasteiger partial charge on any atom is -0.00578 e. The number of allylic oxidation sites excluding steroid dienone is 1. The lowest BCUT2D eigenvalue weighted by Gasteiger charge is -2.07. The van der Waals surface area contributed by atoms with Crippen LogP contribution in [0, 0.1) is 6.92 Å². The quantitative estimate of drug-likeness (QED) is 0.645. The number of hydrogen-bond acceptors (Lipinski definition) is 0. The minimum Gasteiger partial charge on any atom is -0.0683 e. The minimum atomic E-state index is 1.11. The summed E-state index contributed by atoms with van der Waals surface area (Å²) < 4.78 is 0. The van der Waals surface area contributed by atoms with Crippen LogP contribution < -0.4 is 0 Å². The molecule has 0 fully saturated rings. The standard InChI is InChI=1S/C19H18/c1-14-12-18-15(2)8-10-17(19(18)13-14)11-9-16-6-4-3-5-7-16/h3-11,13H,12H2,1-2H3. The average molecular weight is 246 g/mol. The van der Waals surface area contributed by atoms with E-state index in [9.17, 15) is 0 Å². The molecule has 0 saturated heterocycles. The number of benzene rings is 2. The van der Waals surface area contributed by atoms with Crippen LogP contribution in [0.5, 0.6) is 0 Å². The molecule has 0 amide bonds. The highest BCUT2D eigenvalue weighted by Crippen LogP contribution is 2.31. The van der Waals surface area contributed by atoms with Crippen molar-refractivity contribution in [1.82, 2.24) is 0 Å². The summed E-state index contributed by atoms with van der Waals surface area (Å²) in [4.78, 5) is 0. The Morgan fingerprint density at radius 1 is 0.895 bits per heavy atom. The van der Waals surface area contributed by atoms with Gasteiger partial charge in [-0.1, -0.05) is 66.3 Å². The van der Waals surface area contributed by atoms with E-state index in [-0.39, 0.29) is 0 Å². The molecule has 2 aromatic carbocycles. The van der Waals surface area contributed by atoms with Gasteiger partial charge in [-0.25, -0.2) is 0 Å². The van der Waals surface area contributed by atoms with Crippen LogP contribution in [0.1, 0.15) is 34.7 Å². The monoisotopic (exact) mass is 246 g/mol. The van der Waals surface area contributed by atoms with Gasteiger partial charge in [0.2, 0.25) is 0 Å². The molecule has 0 spiro atoms. The molecule has 0 unspecified atom stereocenters. The van der Waals surface area contributed by atoms with Crippen molar-refractivity contribution in [1.29, 1.82) is 0 Å². The van der Waals surface area contributed by atoms with Gasteiger partial charge in [-0.2, -0.15) is 0 Å². The molecule has 0 N–H and O–H groups in total. The summed E-state index contributed by atoms with van der Waals surface area (Å²) in [7, 11) is 0. The molecule has 3 rings (SSSR count). The van der Waals surface area contributed by atoms with Gasteiger partial charge in [0.25, 0.3) is 0 Å². The highest BCUT2D eigenvalue weighted by atomic mass is 14.2. The van der Waals surface area contributed by atoms with Crippen molar-refractivity contribution in [3.05, 3.63) is 75.9 Å². The first-order valence-corrected chi connectivity index (χ1v) is 6.77. The molecule has 0 radical (unpaired) electrons. The highest BCUT2D eigenvalue weighted by Gasteiger charge is 2.14. The van der Waals surface area contributed by atoms with Gasteiger partial charge in [-0.15, -0.1) is 0 Å². The Morgan fingerprint density at radius 2 is 1.68 bits per heavy atom. The van der Waals surface area contributed by atoms with Crippen molar-refractivity contribution in [3.8, 4) is 0 Å². The summed E-state index contributed by atoms with van der Waals surface area (Å²) >= 11 is 0. The van der Waals surface area contributed by atoms with Gasteiger partial charge in [0.15, 0.2) is 0 Å². The summed E-state index contributed by atoms with van der Waals surface area (Å²) in [6.45, 7) is 4.42. The largest absolute Gasteiger partial charge is 0.0683 e. The van der Waals surface area contributed by atoms with E-state index in [1.807, 2.05) is 6.07 Å². The van der Waals surface area contributed by atoms with Gasteiger partial charge in [0.1, 0.15) is 0 Å². The van der Waals surface area contributed by atoms with E-state index in [1.54, 1.807) is 0 Å². The first-order chi connectivity index (χ1) is 9.24. The molecule has 0 saturated carbocycles. The number of rotatable bonds is 2. The first-order valence-electron chi connectivity index (χ1n) is 6.77. The molecule has 0 atom stereocenters. The van der Waals surface area contributed by atoms with Crippen LogP contribution in [0.4, 0.5) is 0 Å². The van der Waals surface area contributed by atoms with E-state index in [1.165, 1.54) is 33.4 Å².